The molecule has 0 saturated carbocycles. The van der Waals surface area contributed by atoms with Gasteiger partial charge in [-0.05, 0) is 41.4 Å². The number of nitrogens with two attached hydrogens (primary N) is 1. The minimum absolute atomic E-state index is 0.336. The van der Waals surface area contributed by atoms with Crippen molar-refractivity contribution in [3.8, 4) is 0 Å². The number of halogens is 1. The predicted octanol–water partition coefficient (Wildman–Crippen LogP) is 2.22. The summed E-state index contributed by atoms with van der Waals surface area (Å²) in [5.74, 6) is 0.408. The van der Waals surface area contributed by atoms with Gasteiger partial charge >= 0.3 is 5.97 Å². The Labute approximate surface area is 113 Å². The van der Waals surface area contributed by atoms with Gasteiger partial charge < -0.3 is 10.5 Å². The maximum absolute atomic E-state index is 11.3. The highest BCUT2D eigenvalue weighted by molar-refractivity contribution is 9.10. The van der Waals surface area contributed by atoms with E-state index in [1.54, 1.807) is 24.9 Å². The van der Waals surface area contributed by atoms with Gasteiger partial charge in [-0.1, -0.05) is 0 Å². The van der Waals surface area contributed by atoms with Crippen LogP contribution >= 0.6 is 27.7 Å². The number of rotatable bonds is 6. The molecule has 0 aromatic carbocycles. The van der Waals surface area contributed by atoms with Crippen molar-refractivity contribution < 1.29 is 9.53 Å². The van der Waals surface area contributed by atoms with E-state index in [0.717, 1.165) is 15.3 Å². The van der Waals surface area contributed by atoms with Gasteiger partial charge in [0.25, 0.3) is 0 Å². The number of carbonyl (C=O) groups excluding carboxylic acids is 1. The van der Waals surface area contributed by atoms with Gasteiger partial charge in [-0.15, -0.1) is 11.8 Å². The molecule has 0 fully saturated rings. The summed E-state index contributed by atoms with van der Waals surface area (Å²) in [5, 5.41) is 0.921. The molecule has 0 aliphatic rings. The molecule has 0 amide bonds. The zero-order valence-corrected chi connectivity index (χ0v) is 12.0. The molecule has 2 N–H and O–H groups in total. The number of hydrogen-bond acceptors (Lipinski definition) is 5. The average molecular weight is 319 g/mol. The van der Waals surface area contributed by atoms with Crippen LogP contribution in [-0.4, -0.2) is 29.4 Å². The summed E-state index contributed by atoms with van der Waals surface area (Å²) < 4.78 is 5.78. The molecule has 6 heteroatoms. The number of hydrogen-bond donors (Lipinski definition) is 1. The van der Waals surface area contributed by atoms with Crippen LogP contribution < -0.4 is 5.73 Å². The fraction of sp³-hybridized carbons (Fsp3) is 0.455. The van der Waals surface area contributed by atoms with Crippen LogP contribution in [0, 0.1) is 0 Å². The topological polar surface area (TPSA) is 65.2 Å². The first kappa shape index (κ1) is 14.5. The van der Waals surface area contributed by atoms with Crippen molar-refractivity contribution in [2.75, 3.05) is 12.4 Å². The molecule has 1 aromatic heterocycles. The van der Waals surface area contributed by atoms with Gasteiger partial charge in [0.05, 0.1) is 11.6 Å². The van der Waals surface area contributed by atoms with Crippen molar-refractivity contribution >= 4 is 33.7 Å². The second-order valence-corrected chi connectivity index (χ2v) is 5.34. The number of pyridine rings is 1. The number of ether oxygens (including phenoxy) is 1. The average Bonchev–Trinajstić information content (AvgIpc) is 2.32. The lowest BCUT2D eigenvalue weighted by Crippen LogP contribution is -2.32. The third kappa shape index (κ3) is 5.52. The van der Waals surface area contributed by atoms with E-state index in [2.05, 4.69) is 20.9 Å². The fourth-order valence-electron chi connectivity index (χ4n) is 1.11. The summed E-state index contributed by atoms with van der Waals surface area (Å²) in [6.07, 6.45) is 2.33. The molecule has 1 aromatic rings. The molecular formula is C11H15BrN2O2S. The summed E-state index contributed by atoms with van der Waals surface area (Å²) in [5.41, 5.74) is 5.68. The lowest BCUT2D eigenvalue weighted by Gasteiger charge is -2.09. The number of aromatic nitrogens is 1. The van der Waals surface area contributed by atoms with E-state index in [1.807, 2.05) is 12.1 Å². The van der Waals surface area contributed by atoms with Gasteiger partial charge in [0.1, 0.15) is 6.04 Å². The highest BCUT2D eigenvalue weighted by Crippen LogP contribution is 2.18. The Morgan fingerprint density at radius 1 is 1.65 bits per heavy atom. The van der Waals surface area contributed by atoms with Crippen LogP contribution in [0.2, 0.25) is 0 Å². The SMILES string of the molecule is CCOC(=O)C(N)CCSc1ccc(Br)cn1. The number of esters is 1. The predicted molar refractivity (Wildman–Crippen MR) is 71.9 cm³/mol. The maximum Gasteiger partial charge on any atom is 0.322 e. The summed E-state index contributed by atoms with van der Waals surface area (Å²) in [6, 6.07) is 3.31. The third-order valence-corrected chi connectivity index (χ3v) is 3.41. The van der Waals surface area contributed by atoms with Crippen molar-refractivity contribution in [1.29, 1.82) is 0 Å². The summed E-state index contributed by atoms with van der Waals surface area (Å²) in [4.78, 5) is 15.5. The van der Waals surface area contributed by atoms with Crippen molar-refractivity contribution in [1.82, 2.24) is 4.98 Å². The first-order valence-electron chi connectivity index (χ1n) is 5.30. The van der Waals surface area contributed by atoms with E-state index in [9.17, 15) is 4.79 Å². The Bertz CT molecular complexity index is 359. The molecule has 0 aliphatic heterocycles. The van der Waals surface area contributed by atoms with Gasteiger partial charge in [0.15, 0.2) is 0 Å². The molecule has 94 valence electrons. The van der Waals surface area contributed by atoms with E-state index < -0.39 is 6.04 Å². The summed E-state index contributed by atoms with van der Waals surface area (Å²) in [7, 11) is 0. The Morgan fingerprint density at radius 2 is 2.41 bits per heavy atom. The van der Waals surface area contributed by atoms with Crippen LogP contribution in [0.25, 0.3) is 0 Å². The van der Waals surface area contributed by atoms with Crippen LogP contribution in [0.4, 0.5) is 0 Å². The van der Waals surface area contributed by atoms with Crippen LogP contribution in [-0.2, 0) is 9.53 Å². The van der Waals surface area contributed by atoms with Gasteiger partial charge in [-0.2, -0.15) is 0 Å². The Balaban J connectivity index is 2.27. The van der Waals surface area contributed by atoms with Gasteiger partial charge in [-0.25, -0.2) is 4.98 Å². The molecule has 1 heterocycles. The number of nitrogens with zero attached hydrogens (tertiary/aromatic N) is 1. The lowest BCUT2D eigenvalue weighted by atomic mass is 10.2. The van der Waals surface area contributed by atoms with E-state index in [0.29, 0.717) is 13.0 Å². The Kier molecular flexibility index (Phi) is 6.54. The zero-order chi connectivity index (χ0) is 12.7. The molecule has 0 bridgehead atoms. The first-order chi connectivity index (χ1) is 8.13. The van der Waals surface area contributed by atoms with Crippen LogP contribution in [0.3, 0.4) is 0 Å². The molecule has 17 heavy (non-hydrogen) atoms. The zero-order valence-electron chi connectivity index (χ0n) is 9.56. The quantitative estimate of drug-likeness (QED) is 0.643. The minimum Gasteiger partial charge on any atom is -0.465 e. The summed E-state index contributed by atoms with van der Waals surface area (Å²) in [6.45, 7) is 2.14. The van der Waals surface area contributed by atoms with Crippen molar-refractivity contribution in [2.45, 2.75) is 24.4 Å². The Morgan fingerprint density at radius 3 is 3.00 bits per heavy atom. The van der Waals surface area contributed by atoms with Crippen LogP contribution in [0.1, 0.15) is 13.3 Å². The molecule has 0 spiro atoms. The standard InChI is InChI=1S/C11H15BrN2O2S/c1-2-16-11(15)9(13)5-6-17-10-4-3-8(12)7-14-10/h3-4,7,9H,2,5-6,13H2,1H3. The van der Waals surface area contributed by atoms with Crippen LogP contribution in [0.5, 0.6) is 0 Å². The third-order valence-electron chi connectivity index (χ3n) is 1.97. The lowest BCUT2D eigenvalue weighted by molar-refractivity contribution is -0.144. The maximum atomic E-state index is 11.3. The van der Waals surface area contributed by atoms with Gasteiger partial charge in [0.2, 0.25) is 0 Å². The molecule has 0 radical (unpaired) electrons. The van der Waals surface area contributed by atoms with Crippen molar-refractivity contribution in [2.24, 2.45) is 5.73 Å². The molecule has 0 aliphatic carbocycles. The van der Waals surface area contributed by atoms with E-state index in [4.69, 9.17) is 10.5 Å². The van der Waals surface area contributed by atoms with E-state index in [-0.39, 0.29) is 5.97 Å². The molecule has 1 unspecified atom stereocenters. The second-order valence-electron chi connectivity index (χ2n) is 3.31. The molecule has 4 nitrogen and oxygen atoms in total. The van der Waals surface area contributed by atoms with E-state index in [1.165, 1.54) is 0 Å². The molecule has 1 atom stereocenters. The molecule has 1 rings (SSSR count). The summed E-state index contributed by atoms with van der Waals surface area (Å²) >= 11 is 4.89. The highest BCUT2D eigenvalue weighted by Gasteiger charge is 2.13. The smallest absolute Gasteiger partial charge is 0.322 e. The second kappa shape index (κ2) is 7.68. The van der Waals surface area contributed by atoms with Crippen molar-refractivity contribution in [3.05, 3.63) is 22.8 Å². The monoisotopic (exact) mass is 318 g/mol. The number of carbonyl (C=O) groups is 1. The number of thioether (sulfide) groups is 1. The fourth-order valence-corrected chi connectivity index (χ4v) is 2.21. The normalized spacial score (nSPS) is 12.2. The van der Waals surface area contributed by atoms with E-state index >= 15 is 0 Å². The molecular weight excluding hydrogens is 304 g/mol. The Hall–Kier alpha value is -0.590. The van der Waals surface area contributed by atoms with Crippen molar-refractivity contribution in [3.63, 3.8) is 0 Å². The highest BCUT2D eigenvalue weighted by atomic mass is 79.9. The largest absolute Gasteiger partial charge is 0.465 e. The van der Waals surface area contributed by atoms with Crippen LogP contribution in [0.15, 0.2) is 27.8 Å². The minimum atomic E-state index is -0.544. The van der Waals surface area contributed by atoms with Gasteiger partial charge in [-0.3, -0.25) is 4.79 Å². The van der Waals surface area contributed by atoms with Gasteiger partial charge in [0, 0.05) is 16.4 Å². The molecule has 0 saturated heterocycles. The first-order valence-corrected chi connectivity index (χ1v) is 7.08.